The highest BCUT2D eigenvalue weighted by atomic mass is 32.2. The smallest absolute Gasteiger partial charge is 0.243 e. The number of rotatable bonds is 14. The van der Waals surface area contributed by atoms with E-state index >= 15 is 0 Å². The molecule has 0 bridgehead atoms. The van der Waals surface area contributed by atoms with Crippen LogP contribution in [0.1, 0.15) is 60.3 Å². The molecule has 5 N–H and O–H groups in total. The van der Waals surface area contributed by atoms with Crippen molar-refractivity contribution in [3.63, 3.8) is 0 Å². The summed E-state index contributed by atoms with van der Waals surface area (Å²) in [5, 5.41) is 43.5. The largest absolute Gasteiger partial charge is 0.508 e. The van der Waals surface area contributed by atoms with Crippen LogP contribution in [-0.4, -0.2) is 59.3 Å². The number of carbonyl (C=O) groups excluding carboxylic acids is 2. The molecule has 4 aromatic carbocycles. The minimum atomic E-state index is -0.640. The van der Waals surface area contributed by atoms with E-state index in [0.717, 1.165) is 39.1 Å². The standard InChI is InChI=1S/C37H38N6O7S/c44-22-24-7-9-27(10-8-24)33-20-32(23-51-37-39-41-42-43(37)30-15-17-31(45)18-16-30)49-36(50-33)28-13-11-26(12-14-28)29-4-1-3-25(19-29)21-38-34(46)5-2-6-35(47)40-48/h1,3-4,7-19,32-33,36,44-45,48H,2,5-6,20-23H2,(H,38,46)(H,40,47)/t32-,33+,36+/m0/s1. The van der Waals surface area contributed by atoms with E-state index < -0.39 is 12.2 Å². The maximum Gasteiger partial charge on any atom is 0.243 e. The van der Waals surface area contributed by atoms with Gasteiger partial charge in [0.15, 0.2) is 6.29 Å². The van der Waals surface area contributed by atoms with Crippen LogP contribution in [0.3, 0.4) is 0 Å². The van der Waals surface area contributed by atoms with Crippen LogP contribution in [0.5, 0.6) is 5.75 Å². The predicted molar refractivity (Wildman–Crippen MR) is 187 cm³/mol. The van der Waals surface area contributed by atoms with Gasteiger partial charge >= 0.3 is 0 Å². The van der Waals surface area contributed by atoms with Gasteiger partial charge in [0.05, 0.1) is 24.5 Å². The minimum absolute atomic E-state index is 0.0379. The number of aliphatic hydroxyl groups excluding tert-OH is 1. The maximum absolute atomic E-state index is 12.2. The number of tetrazole rings is 1. The summed E-state index contributed by atoms with van der Waals surface area (Å²) in [5.41, 5.74) is 7.87. The SMILES string of the molecule is O=C(CCCC(=O)NCc1cccc(-c2ccc([C@@H]3O[C@H](CSc4nnnn4-c4ccc(O)cc4)C[C@H](c4ccc(CO)cc4)O3)cc2)c1)NO. The average molecular weight is 711 g/mol. The topological polar surface area (TPSA) is 181 Å². The zero-order valence-corrected chi connectivity index (χ0v) is 28.4. The summed E-state index contributed by atoms with van der Waals surface area (Å²) in [7, 11) is 0. The van der Waals surface area contributed by atoms with Gasteiger partial charge in [0.1, 0.15) is 5.75 Å². The second-order valence-corrected chi connectivity index (χ2v) is 13.0. The van der Waals surface area contributed by atoms with Gasteiger partial charge < -0.3 is 25.0 Å². The summed E-state index contributed by atoms with van der Waals surface area (Å²) < 4.78 is 14.7. The number of carbonyl (C=O) groups is 2. The van der Waals surface area contributed by atoms with Gasteiger partial charge in [-0.15, -0.1) is 5.10 Å². The van der Waals surface area contributed by atoms with Crippen LogP contribution in [0.15, 0.2) is 102 Å². The summed E-state index contributed by atoms with van der Waals surface area (Å²) >= 11 is 1.47. The number of phenolic OH excluding ortho intramolecular Hbond substituents is 1. The number of aliphatic hydroxyl groups is 1. The molecule has 1 aliphatic heterocycles. The summed E-state index contributed by atoms with van der Waals surface area (Å²) in [5.74, 6) is 0.0312. The maximum atomic E-state index is 12.2. The molecule has 1 aromatic heterocycles. The van der Waals surface area contributed by atoms with E-state index in [4.69, 9.17) is 14.7 Å². The van der Waals surface area contributed by atoms with Crippen LogP contribution in [-0.2, 0) is 32.2 Å². The summed E-state index contributed by atoms with van der Waals surface area (Å²) in [6.07, 6.45) is 0.104. The Morgan fingerprint density at radius 1 is 0.863 bits per heavy atom. The number of aromatic hydroxyl groups is 1. The van der Waals surface area contributed by atoms with Crippen molar-refractivity contribution in [3.8, 4) is 22.6 Å². The lowest BCUT2D eigenvalue weighted by Crippen LogP contribution is -2.31. The molecule has 0 aliphatic carbocycles. The van der Waals surface area contributed by atoms with Gasteiger partial charge in [-0.3, -0.25) is 14.8 Å². The molecule has 264 valence electrons. The summed E-state index contributed by atoms with van der Waals surface area (Å²) in [6.45, 7) is 0.311. The molecule has 14 heteroatoms. The van der Waals surface area contributed by atoms with Gasteiger partial charge in [0.25, 0.3) is 0 Å². The number of hydrogen-bond donors (Lipinski definition) is 5. The fraction of sp³-hybridized carbons (Fsp3) is 0.270. The van der Waals surface area contributed by atoms with Crippen LogP contribution in [0.25, 0.3) is 16.8 Å². The van der Waals surface area contributed by atoms with Gasteiger partial charge in [0, 0.05) is 37.1 Å². The van der Waals surface area contributed by atoms with Crippen molar-refractivity contribution in [3.05, 3.63) is 119 Å². The normalized spacial score (nSPS) is 17.2. The molecule has 1 aliphatic rings. The molecule has 0 saturated carbocycles. The first-order chi connectivity index (χ1) is 24.9. The Morgan fingerprint density at radius 2 is 1.61 bits per heavy atom. The van der Waals surface area contributed by atoms with Gasteiger partial charge in [-0.05, 0) is 75.0 Å². The summed E-state index contributed by atoms with van der Waals surface area (Å²) in [4.78, 5) is 23.4. The monoisotopic (exact) mass is 710 g/mol. The zero-order chi connectivity index (χ0) is 35.6. The predicted octanol–water partition coefficient (Wildman–Crippen LogP) is 5.16. The Kier molecular flexibility index (Phi) is 12.0. The van der Waals surface area contributed by atoms with E-state index in [1.165, 1.54) is 11.8 Å². The Bertz CT molecular complexity index is 1900. The Morgan fingerprint density at radius 3 is 2.35 bits per heavy atom. The molecule has 1 saturated heterocycles. The molecular formula is C37H38N6O7S. The Hall–Kier alpha value is -5.12. The van der Waals surface area contributed by atoms with Crippen molar-refractivity contribution in [2.75, 3.05) is 5.75 Å². The molecule has 51 heavy (non-hydrogen) atoms. The van der Waals surface area contributed by atoms with Gasteiger partial charge in [-0.1, -0.05) is 78.5 Å². The number of ether oxygens (including phenoxy) is 2. The van der Waals surface area contributed by atoms with Crippen LogP contribution < -0.4 is 10.8 Å². The van der Waals surface area contributed by atoms with Crippen LogP contribution in [0, 0.1) is 0 Å². The Balaban J connectivity index is 1.13. The lowest BCUT2D eigenvalue weighted by atomic mass is 9.99. The number of nitrogens with zero attached hydrogens (tertiary/aromatic N) is 4. The van der Waals surface area contributed by atoms with Gasteiger partial charge in [0.2, 0.25) is 17.0 Å². The molecule has 1 fully saturated rings. The third kappa shape index (κ3) is 9.57. The fourth-order valence-corrected chi connectivity index (χ4v) is 6.57. The molecule has 0 radical (unpaired) electrons. The number of hydrogen-bond acceptors (Lipinski definition) is 11. The van der Waals surface area contributed by atoms with Crippen molar-refractivity contribution in [2.45, 2.75) is 62.5 Å². The first-order valence-electron chi connectivity index (χ1n) is 16.5. The molecule has 0 spiro atoms. The number of benzene rings is 4. The van der Waals surface area contributed by atoms with E-state index in [-0.39, 0.29) is 43.3 Å². The van der Waals surface area contributed by atoms with Crippen molar-refractivity contribution >= 4 is 23.6 Å². The second-order valence-electron chi connectivity index (χ2n) is 12.0. The number of amides is 2. The van der Waals surface area contributed by atoms with Crippen molar-refractivity contribution in [1.29, 1.82) is 0 Å². The first-order valence-corrected chi connectivity index (χ1v) is 17.5. The number of hydroxylamine groups is 1. The molecule has 2 heterocycles. The quantitative estimate of drug-likeness (QED) is 0.0584. The van der Waals surface area contributed by atoms with Crippen LogP contribution in [0.2, 0.25) is 0 Å². The molecule has 5 aromatic rings. The highest BCUT2D eigenvalue weighted by molar-refractivity contribution is 7.99. The number of nitrogens with one attached hydrogen (secondary N) is 2. The third-order valence-corrected chi connectivity index (χ3v) is 9.46. The highest BCUT2D eigenvalue weighted by Gasteiger charge is 2.32. The number of phenols is 1. The Labute approximate surface area is 298 Å². The van der Waals surface area contributed by atoms with Crippen molar-refractivity contribution < 1.29 is 34.5 Å². The van der Waals surface area contributed by atoms with Crippen LogP contribution >= 0.6 is 11.8 Å². The average Bonchev–Trinajstić information content (AvgIpc) is 3.65. The molecule has 3 atom stereocenters. The van der Waals surface area contributed by atoms with E-state index in [9.17, 15) is 19.8 Å². The number of aromatic nitrogens is 4. The van der Waals surface area contributed by atoms with Gasteiger partial charge in [-0.2, -0.15) is 4.68 Å². The summed E-state index contributed by atoms with van der Waals surface area (Å²) in [6, 6.07) is 30.3. The van der Waals surface area contributed by atoms with Gasteiger partial charge in [-0.25, -0.2) is 5.48 Å². The first kappa shape index (κ1) is 35.7. The molecule has 0 unspecified atom stereocenters. The molecule has 6 rings (SSSR count). The van der Waals surface area contributed by atoms with Crippen LogP contribution in [0.4, 0.5) is 0 Å². The lowest BCUT2D eigenvalue weighted by Gasteiger charge is -2.36. The highest BCUT2D eigenvalue weighted by Crippen LogP contribution is 2.40. The van der Waals surface area contributed by atoms with E-state index in [1.807, 2.05) is 72.8 Å². The fourth-order valence-electron chi connectivity index (χ4n) is 5.66. The van der Waals surface area contributed by atoms with Crippen molar-refractivity contribution in [2.24, 2.45) is 0 Å². The van der Waals surface area contributed by atoms with Crippen molar-refractivity contribution in [1.82, 2.24) is 31.0 Å². The van der Waals surface area contributed by atoms with E-state index in [1.54, 1.807) is 34.4 Å². The third-order valence-electron chi connectivity index (χ3n) is 8.41. The lowest BCUT2D eigenvalue weighted by molar-refractivity contribution is -0.245. The molecule has 13 nitrogen and oxygen atoms in total. The minimum Gasteiger partial charge on any atom is -0.508 e. The second kappa shape index (κ2) is 17.2. The zero-order valence-electron chi connectivity index (χ0n) is 27.6. The molecular weight excluding hydrogens is 673 g/mol. The molecule has 2 amide bonds. The number of thioether (sulfide) groups is 1. The van der Waals surface area contributed by atoms with E-state index in [0.29, 0.717) is 30.3 Å². The van der Waals surface area contributed by atoms with E-state index in [2.05, 4.69) is 20.8 Å².